The van der Waals surface area contributed by atoms with Gasteiger partial charge in [-0.1, -0.05) is 28.8 Å². The molecule has 1 aromatic rings. The topological polar surface area (TPSA) is 21.3 Å². The van der Waals surface area contributed by atoms with Crippen LogP contribution in [0.1, 0.15) is 31.2 Å². The minimum atomic E-state index is -4.31. The molecule has 1 N–H and O–H groups in total. The lowest BCUT2D eigenvalue weighted by molar-refractivity contribution is -0.153. The Labute approximate surface area is 124 Å². The third-order valence-corrected chi connectivity index (χ3v) is 3.74. The maximum Gasteiger partial charge on any atom is 0.422 e. The Hall–Kier alpha value is -0.750. The Bertz CT molecular complexity index is 445. The van der Waals surface area contributed by atoms with Crippen molar-refractivity contribution >= 4 is 15.9 Å². The van der Waals surface area contributed by atoms with E-state index in [-0.39, 0.29) is 5.75 Å². The van der Waals surface area contributed by atoms with E-state index in [2.05, 4.69) is 21.2 Å². The molecule has 0 spiro atoms. The van der Waals surface area contributed by atoms with E-state index >= 15 is 0 Å². The smallest absolute Gasteiger partial charge is 0.422 e. The molecule has 6 heteroatoms. The average molecular weight is 352 g/mol. The molecule has 1 aliphatic carbocycles. The Morgan fingerprint density at radius 2 is 1.90 bits per heavy atom. The second kappa shape index (κ2) is 6.80. The van der Waals surface area contributed by atoms with Crippen LogP contribution in [-0.4, -0.2) is 18.8 Å². The Morgan fingerprint density at radius 3 is 2.55 bits per heavy atom. The van der Waals surface area contributed by atoms with Gasteiger partial charge in [0.2, 0.25) is 0 Å². The van der Waals surface area contributed by atoms with E-state index in [4.69, 9.17) is 4.74 Å². The van der Waals surface area contributed by atoms with Gasteiger partial charge in [-0.15, -0.1) is 0 Å². The van der Waals surface area contributed by atoms with Crippen molar-refractivity contribution in [2.45, 2.75) is 44.4 Å². The quantitative estimate of drug-likeness (QED) is 0.847. The maximum absolute atomic E-state index is 12.1. The summed E-state index contributed by atoms with van der Waals surface area (Å²) in [5.41, 5.74) is 0.920. The summed E-state index contributed by atoms with van der Waals surface area (Å²) in [4.78, 5) is 0. The second-order valence-electron chi connectivity index (χ2n) is 5.06. The maximum atomic E-state index is 12.1. The van der Waals surface area contributed by atoms with Crippen molar-refractivity contribution in [3.63, 3.8) is 0 Å². The van der Waals surface area contributed by atoms with Gasteiger partial charge in [0.25, 0.3) is 0 Å². The first-order valence-corrected chi connectivity index (χ1v) is 7.44. The van der Waals surface area contributed by atoms with Crippen molar-refractivity contribution in [1.82, 2.24) is 5.32 Å². The number of halogens is 4. The number of hydrogen-bond donors (Lipinski definition) is 1. The molecule has 0 bridgehead atoms. The fraction of sp³-hybridized carbons (Fsp3) is 0.571. The first-order valence-electron chi connectivity index (χ1n) is 6.65. The van der Waals surface area contributed by atoms with Gasteiger partial charge >= 0.3 is 6.18 Å². The molecule has 2 nitrogen and oxygen atoms in total. The van der Waals surface area contributed by atoms with E-state index in [0.29, 0.717) is 12.6 Å². The van der Waals surface area contributed by atoms with Crippen LogP contribution in [-0.2, 0) is 6.54 Å². The van der Waals surface area contributed by atoms with Gasteiger partial charge in [-0.2, -0.15) is 13.2 Å². The molecular formula is C14H17BrF3NO. The number of hydrogen-bond acceptors (Lipinski definition) is 2. The van der Waals surface area contributed by atoms with E-state index in [1.54, 1.807) is 12.1 Å². The van der Waals surface area contributed by atoms with Gasteiger partial charge < -0.3 is 10.1 Å². The molecule has 1 fully saturated rings. The molecule has 1 saturated carbocycles. The molecule has 0 radical (unpaired) electrons. The summed E-state index contributed by atoms with van der Waals surface area (Å²) in [7, 11) is 0. The van der Waals surface area contributed by atoms with Crippen LogP contribution in [0.4, 0.5) is 13.2 Å². The van der Waals surface area contributed by atoms with Gasteiger partial charge in [-0.05, 0) is 36.6 Å². The van der Waals surface area contributed by atoms with Crippen LogP contribution in [0.15, 0.2) is 22.7 Å². The van der Waals surface area contributed by atoms with Crippen molar-refractivity contribution in [3.8, 4) is 5.75 Å². The van der Waals surface area contributed by atoms with E-state index in [1.165, 1.54) is 25.7 Å². The average Bonchev–Trinajstić information content (AvgIpc) is 2.86. The molecule has 20 heavy (non-hydrogen) atoms. The SMILES string of the molecule is FC(F)(F)COc1cc(Br)cc(CNC2CCCC2)c1. The van der Waals surface area contributed by atoms with Gasteiger partial charge in [0.1, 0.15) is 5.75 Å². The number of rotatable bonds is 5. The summed E-state index contributed by atoms with van der Waals surface area (Å²) in [5, 5.41) is 3.43. The lowest BCUT2D eigenvalue weighted by Crippen LogP contribution is -2.25. The fourth-order valence-corrected chi connectivity index (χ4v) is 2.88. The molecule has 112 valence electrons. The summed E-state index contributed by atoms with van der Waals surface area (Å²) >= 11 is 3.30. The van der Waals surface area contributed by atoms with E-state index in [0.717, 1.165) is 10.0 Å². The highest BCUT2D eigenvalue weighted by molar-refractivity contribution is 9.10. The molecule has 0 atom stereocenters. The summed E-state index contributed by atoms with van der Waals surface area (Å²) < 4.78 is 41.9. The number of nitrogens with one attached hydrogen (secondary N) is 1. The van der Waals surface area contributed by atoms with Crippen LogP contribution >= 0.6 is 15.9 Å². The molecule has 0 aromatic heterocycles. The van der Waals surface area contributed by atoms with Crippen molar-refractivity contribution in [3.05, 3.63) is 28.2 Å². The van der Waals surface area contributed by atoms with Crippen molar-refractivity contribution in [2.75, 3.05) is 6.61 Å². The standard InChI is InChI=1S/C14H17BrF3NO/c15-11-5-10(8-19-12-3-1-2-4-12)6-13(7-11)20-9-14(16,17)18/h5-7,12,19H,1-4,8-9H2. The van der Waals surface area contributed by atoms with Crippen LogP contribution < -0.4 is 10.1 Å². The van der Waals surface area contributed by atoms with Gasteiger partial charge in [0, 0.05) is 17.1 Å². The van der Waals surface area contributed by atoms with Crippen LogP contribution in [0.3, 0.4) is 0 Å². The number of benzene rings is 1. The highest BCUT2D eigenvalue weighted by atomic mass is 79.9. The second-order valence-corrected chi connectivity index (χ2v) is 5.98. The largest absolute Gasteiger partial charge is 0.484 e. The van der Waals surface area contributed by atoms with Crippen molar-refractivity contribution in [1.29, 1.82) is 0 Å². The molecule has 0 heterocycles. The zero-order chi connectivity index (χ0) is 14.6. The highest BCUT2D eigenvalue weighted by Crippen LogP contribution is 2.25. The molecule has 0 amide bonds. The monoisotopic (exact) mass is 351 g/mol. The zero-order valence-corrected chi connectivity index (χ0v) is 12.6. The van der Waals surface area contributed by atoms with Crippen molar-refractivity contribution < 1.29 is 17.9 Å². The summed E-state index contributed by atoms with van der Waals surface area (Å²) in [6.07, 6.45) is 0.521. The van der Waals surface area contributed by atoms with Gasteiger partial charge in [0.05, 0.1) is 0 Å². The zero-order valence-electron chi connectivity index (χ0n) is 11.0. The lowest BCUT2D eigenvalue weighted by atomic mass is 10.2. The van der Waals surface area contributed by atoms with Crippen LogP contribution in [0, 0.1) is 0 Å². The van der Waals surface area contributed by atoms with Gasteiger partial charge in [-0.25, -0.2) is 0 Å². The predicted octanol–water partition coefficient (Wildman–Crippen LogP) is 4.42. The molecule has 0 aliphatic heterocycles. The van der Waals surface area contributed by atoms with Gasteiger partial charge in [0.15, 0.2) is 6.61 Å². The van der Waals surface area contributed by atoms with Crippen molar-refractivity contribution in [2.24, 2.45) is 0 Å². The van der Waals surface area contributed by atoms with Crippen LogP contribution in [0.2, 0.25) is 0 Å². The first-order chi connectivity index (χ1) is 9.42. The Balaban J connectivity index is 1.93. The minimum absolute atomic E-state index is 0.236. The van der Waals surface area contributed by atoms with Crippen LogP contribution in [0.5, 0.6) is 5.75 Å². The summed E-state index contributed by atoms with van der Waals surface area (Å²) in [6.45, 7) is -0.620. The third kappa shape index (κ3) is 5.32. The Kier molecular flexibility index (Phi) is 5.32. The molecule has 0 saturated heterocycles. The lowest BCUT2D eigenvalue weighted by Gasteiger charge is -2.14. The third-order valence-electron chi connectivity index (χ3n) is 3.28. The first kappa shape index (κ1) is 15.6. The molecule has 1 aromatic carbocycles. The summed E-state index contributed by atoms with van der Waals surface area (Å²) in [6, 6.07) is 5.61. The normalized spacial score (nSPS) is 16.6. The van der Waals surface area contributed by atoms with Crippen LogP contribution in [0.25, 0.3) is 0 Å². The molecular weight excluding hydrogens is 335 g/mol. The van der Waals surface area contributed by atoms with Gasteiger partial charge in [-0.3, -0.25) is 0 Å². The van der Waals surface area contributed by atoms with E-state index < -0.39 is 12.8 Å². The fourth-order valence-electron chi connectivity index (χ4n) is 2.36. The summed E-state index contributed by atoms with van der Waals surface area (Å²) in [5.74, 6) is 0.236. The van der Waals surface area contributed by atoms with E-state index in [9.17, 15) is 13.2 Å². The molecule has 2 rings (SSSR count). The number of ether oxygens (including phenoxy) is 1. The number of alkyl halides is 3. The molecule has 0 unspecified atom stereocenters. The predicted molar refractivity (Wildman–Crippen MR) is 74.8 cm³/mol. The molecule has 1 aliphatic rings. The van der Waals surface area contributed by atoms with E-state index in [1.807, 2.05) is 6.07 Å². The highest BCUT2D eigenvalue weighted by Gasteiger charge is 2.28. The Morgan fingerprint density at radius 1 is 1.20 bits per heavy atom. The minimum Gasteiger partial charge on any atom is -0.484 e.